The van der Waals surface area contributed by atoms with E-state index in [1.807, 2.05) is 12.4 Å². The summed E-state index contributed by atoms with van der Waals surface area (Å²) in [7, 11) is 0. The first-order valence-corrected chi connectivity index (χ1v) is 17.7. The average Bonchev–Trinajstić information content (AvgIpc) is 3.29. The Morgan fingerprint density at radius 2 is 1.05 bits per heavy atom. The minimum atomic E-state index is 0.100. The second-order valence-electron chi connectivity index (χ2n) is 12.3. The van der Waals surface area contributed by atoms with Gasteiger partial charge in [0, 0.05) is 21.4 Å². The first kappa shape index (κ1) is 31.0. The second-order valence-corrected chi connectivity index (χ2v) is 13.6. The smallest absolute Gasteiger partial charge is 0.0273 e. The molecule has 0 radical (unpaired) electrons. The molecule has 2 heteroatoms. The van der Waals surface area contributed by atoms with Gasteiger partial charge in [-0.05, 0) is 110 Å². The number of hydrogen-bond donors (Lipinski definition) is 0. The molecule has 0 saturated heterocycles. The van der Waals surface area contributed by atoms with Gasteiger partial charge in [-0.2, -0.15) is 0 Å². The molecule has 1 aliphatic carbocycles. The summed E-state index contributed by atoms with van der Waals surface area (Å²) in [5.41, 5.74) is 11.3. The number of fused-ring (bicyclic) bond motifs is 3. The van der Waals surface area contributed by atoms with E-state index in [9.17, 15) is 0 Å². The molecule has 0 N–H and O–H groups in total. The van der Waals surface area contributed by atoms with Crippen LogP contribution in [0.25, 0.3) is 33.4 Å². The Kier molecular flexibility index (Phi) is 11.3. The van der Waals surface area contributed by atoms with E-state index >= 15 is 0 Å². The van der Waals surface area contributed by atoms with E-state index in [0.29, 0.717) is 0 Å². The van der Waals surface area contributed by atoms with Crippen molar-refractivity contribution in [2.45, 2.75) is 109 Å². The van der Waals surface area contributed by atoms with Gasteiger partial charge in [0.1, 0.15) is 0 Å². The first-order valence-electron chi connectivity index (χ1n) is 16.6. The summed E-state index contributed by atoms with van der Waals surface area (Å²) in [5.74, 6) is 0. The molecular formula is C40H48IN. The van der Waals surface area contributed by atoms with Gasteiger partial charge < -0.3 is 0 Å². The van der Waals surface area contributed by atoms with E-state index in [1.54, 1.807) is 11.1 Å². The third-order valence-corrected chi connectivity index (χ3v) is 10.1. The number of hydrogen-bond acceptors (Lipinski definition) is 1. The number of nitrogens with zero attached hydrogens (tertiary/aromatic N) is 1. The Bertz CT molecular complexity index is 1410. The summed E-state index contributed by atoms with van der Waals surface area (Å²) in [6.07, 6.45) is 22.5. The van der Waals surface area contributed by atoms with Crippen LogP contribution in [0.4, 0.5) is 0 Å². The van der Waals surface area contributed by atoms with Crippen LogP contribution in [0.3, 0.4) is 0 Å². The van der Waals surface area contributed by atoms with Crippen LogP contribution in [0.5, 0.6) is 0 Å². The fourth-order valence-electron chi connectivity index (χ4n) is 7.23. The van der Waals surface area contributed by atoms with E-state index in [2.05, 4.69) is 114 Å². The summed E-state index contributed by atoms with van der Waals surface area (Å²) in [5, 5.41) is 0. The molecule has 0 fully saturated rings. The molecule has 220 valence electrons. The number of rotatable bonds is 16. The largest absolute Gasteiger partial charge is 0.265 e. The van der Waals surface area contributed by atoms with Crippen LogP contribution >= 0.6 is 22.6 Å². The standard InChI is InChI=1S/C40H48IN/c1-3-5-7-9-11-15-25-40(26-16-12-10-8-6-4-2)38-29-32(19-21-36(38)37-22-20-33(41)30-39(37)40)35-18-14-13-17-34(35)31-23-27-42-28-24-31/h13-14,17-24,27-30H,3-12,15-16,25-26H2,1-2H3. The highest BCUT2D eigenvalue weighted by Gasteiger charge is 2.42. The maximum absolute atomic E-state index is 4.27. The molecule has 0 amide bonds. The number of benzene rings is 3. The normalized spacial score (nSPS) is 13.2. The molecule has 0 atom stereocenters. The van der Waals surface area contributed by atoms with Crippen LogP contribution in [0, 0.1) is 3.57 Å². The third kappa shape index (κ3) is 7.01. The lowest BCUT2D eigenvalue weighted by molar-refractivity contribution is 0.398. The highest BCUT2D eigenvalue weighted by molar-refractivity contribution is 14.1. The zero-order valence-corrected chi connectivity index (χ0v) is 28.0. The third-order valence-electron chi connectivity index (χ3n) is 9.47. The fraction of sp³-hybridized carbons (Fsp3) is 0.425. The maximum Gasteiger partial charge on any atom is 0.0273 e. The topological polar surface area (TPSA) is 12.9 Å². The van der Waals surface area contributed by atoms with E-state index in [-0.39, 0.29) is 5.41 Å². The molecule has 5 rings (SSSR count). The van der Waals surface area contributed by atoms with Gasteiger partial charge in [-0.15, -0.1) is 0 Å². The SMILES string of the molecule is CCCCCCCCC1(CCCCCCCC)c2cc(I)ccc2-c2ccc(-c3ccccc3-c3ccncc3)cc21. The zero-order chi connectivity index (χ0) is 29.2. The quantitative estimate of drug-likeness (QED) is 0.0855. The van der Waals surface area contributed by atoms with Crippen molar-refractivity contribution in [3.05, 3.63) is 99.9 Å². The molecule has 0 unspecified atom stereocenters. The summed E-state index contributed by atoms with van der Waals surface area (Å²) < 4.78 is 1.36. The van der Waals surface area contributed by atoms with Gasteiger partial charge in [0.05, 0.1) is 0 Å². The van der Waals surface area contributed by atoms with Gasteiger partial charge >= 0.3 is 0 Å². The van der Waals surface area contributed by atoms with Crippen molar-refractivity contribution in [2.75, 3.05) is 0 Å². The van der Waals surface area contributed by atoms with Gasteiger partial charge in [-0.1, -0.05) is 133 Å². The van der Waals surface area contributed by atoms with Crippen LogP contribution in [0.15, 0.2) is 85.2 Å². The van der Waals surface area contributed by atoms with Gasteiger partial charge in [0.25, 0.3) is 0 Å². The lowest BCUT2D eigenvalue weighted by atomic mass is 9.70. The number of aromatic nitrogens is 1. The Balaban J connectivity index is 1.55. The van der Waals surface area contributed by atoms with Crippen molar-refractivity contribution >= 4 is 22.6 Å². The summed E-state index contributed by atoms with van der Waals surface area (Å²) in [6, 6.07) is 27.8. The van der Waals surface area contributed by atoms with E-state index in [1.165, 1.54) is 127 Å². The Morgan fingerprint density at radius 1 is 0.524 bits per heavy atom. The summed E-state index contributed by atoms with van der Waals surface area (Å²) in [4.78, 5) is 4.27. The lowest BCUT2D eigenvalue weighted by Gasteiger charge is -2.33. The van der Waals surface area contributed by atoms with Crippen LogP contribution in [-0.2, 0) is 5.41 Å². The molecule has 0 saturated carbocycles. The van der Waals surface area contributed by atoms with Crippen molar-refractivity contribution in [3.8, 4) is 33.4 Å². The summed E-state index contributed by atoms with van der Waals surface area (Å²) >= 11 is 2.53. The van der Waals surface area contributed by atoms with Gasteiger partial charge in [-0.3, -0.25) is 4.98 Å². The molecule has 3 aromatic carbocycles. The first-order chi connectivity index (χ1) is 20.7. The molecule has 1 aromatic heterocycles. The van der Waals surface area contributed by atoms with Crippen molar-refractivity contribution < 1.29 is 0 Å². The second kappa shape index (κ2) is 15.3. The van der Waals surface area contributed by atoms with E-state index < -0.39 is 0 Å². The number of unbranched alkanes of at least 4 members (excludes halogenated alkanes) is 10. The van der Waals surface area contributed by atoms with Crippen molar-refractivity contribution in [2.24, 2.45) is 0 Å². The lowest BCUT2D eigenvalue weighted by Crippen LogP contribution is -2.25. The van der Waals surface area contributed by atoms with Crippen LogP contribution in [0.2, 0.25) is 0 Å². The van der Waals surface area contributed by atoms with Gasteiger partial charge in [0.15, 0.2) is 0 Å². The number of halogens is 1. The molecule has 4 aromatic rings. The molecule has 1 aliphatic rings. The van der Waals surface area contributed by atoms with E-state index in [0.717, 1.165) is 0 Å². The summed E-state index contributed by atoms with van der Waals surface area (Å²) in [6.45, 7) is 4.63. The maximum atomic E-state index is 4.27. The molecule has 0 bridgehead atoms. The number of pyridine rings is 1. The zero-order valence-electron chi connectivity index (χ0n) is 25.8. The fourth-order valence-corrected chi connectivity index (χ4v) is 7.72. The van der Waals surface area contributed by atoms with E-state index in [4.69, 9.17) is 0 Å². The predicted octanol–water partition coefficient (Wildman–Crippen LogP) is 12.8. The Hall–Kier alpha value is -2.46. The molecule has 0 aliphatic heterocycles. The monoisotopic (exact) mass is 669 g/mol. The minimum absolute atomic E-state index is 0.100. The van der Waals surface area contributed by atoms with Crippen molar-refractivity contribution in [1.82, 2.24) is 4.98 Å². The van der Waals surface area contributed by atoms with Crippen LogP contribution in [-0.4, -0.2) is 4.98 Å². The molecule has 42 heavy (non-hydrogen) atoms. The van der Waals surface area contributed by atoms with Crippen molar-refractivity contribution in [3.63, 3.8) is 0 Å². The average molecular weight is 670 g/mol. The highest BCUT2D eigenvalue weighted by atomic mass is 127. The molecule has 0 spiro atoms. The Morgan fingerprint density at radius 3 is 1.67 bits per heavy atom. The predicted molar refractivity (Wildman–Crippen MR) is 190 cm³/mol. The highest BCUT2D eigenvalue weighted by Crippen LogP contribution is 2.55. The van der Waals surface area contributed by atoms with Gasteiger partial charge in [-0.25, -0.2) is 0 Å². The minimum Gasteiger partial charge on any atom is -0.265 e. The van der Waals surface area contributed by atoms with Crippen molar-refractivity contribution in [1.29, 1.82) is 0 Å². The van der Waals surface area contributed by atoms with Crippen LogP contribution in [0.1, 0.15) is 115 Å². The molecule has 1 heterocycles. The molecule has 1 nitrogen and oxygen atoms in total. The van der Waals surface area contributed by atoms with Crippen LogP contribution < -0.4 is 0 Å². The Labute approximate surface area is 268 Å². The molecular weight excluding hydrogens is 621 g/mol. The van der Waals surface area contributed by atoms with Gasteiger partial charge in [0.2, 0.25) is 0 Å².